The Bertz CT molecular complexity index is 582. The van der Waals surface area contributed by atoms with Crippen LogP contribution in [0.3, 0.4) is 0 Å². The molecule has 0 saturated carbocycles. The van der Waals surface area contributed by atoms with E-state index in [9.17, 15) is 4.79 Å². The summed E-state index contributed by atoms with van der Waals surface area (Å²) in [5.41, 5.74) is 9.52. The SMILES string of the molecule is Cc1ccc(NC(=O)c2c(N)cnn2C)cc1C. The van der Waals surface area contributed by atoms with E-state index in [0.29, 0.717) is 11.4 Å². The van der Waals surface area contributed by atoms with Gasteiger partial charge >= 0.3 is 0 Å². The minimum Gasteiger partial charge on any atom is -0.396 e. The Labute approximate surface area is 106 Å². The van der Waals surface area contributed by atoms with E-state index in [4.69, 9.17) is 5.73 Å². The van der Waals surface area contributed by atoms with E-state index >= 15 is 0 Å². The number of anilines is 2. The van der Waals surface area contributed by atoms with Crippen molar-refractivity contribution in [3.8, 4) is 0 Å². The van der Waals surface area contributed by atoms with E-state index in [1.807, 2.05) is 32.0 Å². The monoisotopic (exact) mass is 244 g/mol. The van der Waals surface area contributed by atoms with Crippen LogP contribution in [0.25, 0.3) is 0 Å². The number of rotatable bonds is 2. The number of hydrogen-bond acceptors (Lipinski definition) is 3. The third-order valence-electron chi connectivity index (χ3n) is 2.95. The van der Waals surface area contributed by atoms with Crippen LogP contribution < -0.4 is 11.1 Å². The zero-order valence-electron chi connectivity index (χ0n) is 10.7. The normalized spacial score (nSPS) is 10.4. The molecule has 0 unspecified atom stereocenters. The Hall–Kier alpha value is -2.30. The second kappa shape index (κ2) is 4.52. The second-order valence-electron chi connectivity index (χ2n) is 4.33. The first-order valence-corrected chi connectivity index (χ1v) is 5.65. The van der Waals surface area contributed by atoms with Crippen LogP contribution >= 0.6 is 0 Å². The highest BCUT2D eigenvalue weighted by molar-refractivity contribution is 6.06. The van der Waals surface area contributed by atoms with Gasteiger partial charge in [-0.15, -0.1) is 0 Å². The molecule has 2 aromatic rings. The Morgan fingerprint density at radius 1 is 1.33 bits per heavy atom. The summed E-state index contributed by atoms with van der Waals surface area (Å²) < 4.78 is 1.46. The molecule has 0 radical (unpaired) electrons. The molecule has 5 heteroatoms. The molecular formula is C13H16N4O. The van der Waals surface area contributed by atoms with Gasteiger partial charge in [0.25, 0.3) is 5.91 Å². The highest BCUT2D eigenvalue weighted by Crippen LogP contribution is 2.16. The largest absolute Gasteiger partial charge is 0.396 e. The van der Waals surface area contributed by atoms with Gasteiger partial charge in [0.15, 0.2) is 0 Å². The zero-order chi connectivity index (χ0) is 13.3. The van der Waals surface area contributed by atoms with Gasteiger partial charge in [-0.05, 0) is 37.1 Å². The fraction of sp³-hybridized carbons (Fsp3) is 0.231. The number of carbonyl (C=O) groups is 1. The maximum Gasteiger partial charge on any atom is 0.276 e. The Morgan fingerprint density at radius 2 is 2.06 bits per heavy atom. The van der Waals surface area contributed by atoms with Crippen molar-refractivity contribution in [3.05, 3.63) is 41.2 Å². The quantitative estimate of drug-likeness (QED) is 0.847. The molecular weight excluding hydrogens is 228 g/mol. The minimum atomic E-state index is -0.254. The van der Waals surface area contributed by atoms with Gasteiger partial charge in [-0.2, -0.15) is 5.10 Å². The number of nitrogens with zero attached hydrogens (tertiary/aromatic N) is 2. The van der Waals surface area contributed by atoms with Gasteiger partial charge in [-0.1, -0.05) is 6.07 Å². The highest BCUT2D eigenvalue weighted by atomic mass is 16.2. The van der Waals surface area contributed by atoms with Crippen LogP contribution in [0, 0.1) is 13.8 Å². The first kappa shape index (κ1) is 12.2. The number of aryl methyl sites for hydroxylation is 3. The summed E-state index contributed by atoms with van der Waals surface area (Å²) >= 11 is 0. The molecule has 1 heterocycles. The summed E-state index contributed by atoms with van der Waals surface area (Å²) in [7, 11) is 1.69. The number of aromatic nitrogens is 2. The molecule has 3 N–H and O–H groups in total. The number of benzene rings is 1. The molecule has 0 spiro atoms. The predicted octanol–water partition coefficient (Wildman–Crippen LogP) is 1.87. The van der Waals surface area contributed by atoms with Gasteiger partial charge in [-0.25, -0.2) is 0 Å². The van der Waals surface area contributed by atoms with Crippen molar-refractivity contribution in [1.82, 2.24) is 9.78 Å². The van der Waals surface area contributed by atoms with Gasteiger partial charge in [-0.3, -0.25) is 9.48 Å². The van der Waals surface area contributed by atoms with Gasteiger partial charge in [0.2, 0.25) is 0 Å². The maximum absolute atomic E-state index is 12.1. The topological polar surface area (TPSA) is 72.9 Å². The Morgan fingerprint density at radius 3 is 2.61 bits per heavy atom. The van der Waals surface area contributed by atoms with Crippen LogP contribution in [0.2, 0.25) is 0 Å². The number of nitrogens with two attached hydrogens (primary N) is 1. The fourth-order valence-corrected chi connectivity index (χ4v) is 1.74. The second-order valence-corrected chi connectivity index (χ2v) is 4.33. The van der Waals surface area contributed by atoms with Crippen LogP contribution in [-0.4, -0.2) is 15.7 Å². The van der Waals surface area contributed by atoms with Crippen molar-refractivity contribution in [3.63, 3.8) is 0 Å². The minimum absolute atomic E-state index is 0.254. The zero-order valence-corrected chi connectivity index (χ0v) is 10.7. The highest BCUT2D eigenvalue weighted by Gasteiger charge is 2.15. The van der Waals surface area contributed by atoms with Crippen LogP contribution in [0.5, 0.6) is 0 Å². The van der Waals surface area contributed by atoms with Crippen molar-refractivity contribution in [2.24, 2.45) is 7.05 Å². The van der Waals surface area contributed by atoms with Crippen LogP contribution in [-0.2, 0) is 7.05 Å². The molecule has 0 fully saturated rings. The Kier molecular flexibility index (Phi) is 3.06. The van der Waals surface area contributed by atoms with Crippen molar-refractivity contribution in [1.29, 1.82) is 0 Å². The van der Waals surface area contributed by atoms with Gasteiger partial charge in [0.05, 0.1) is 11.9 Å². The molecule has 0 aliphatic carbocycles. The molecule has 0 atom stereocenters. The molecule has 1 amide bonds. The van der Waals surface area contributed by atoms with Crippen molar-refractivity contribution < 1.29 is 4.79 Å². The summed E-state index contributed by atoms with van der Waals surface area (Å²) in [5.74, 6) is -0.254. The third-order valence-corrected chi connectivity index (χ3v) is 2.95. The molecule has 1 aromatic carbocycles. The Balaban J connectivity index is 2.24. The standard InChI is InChI=1S/C13H16N4O/c1-8-4-5-10(6-9(8)2)16-13(18)12-11(14)7-15-17(12)3/h4-7H,14H2,1-3H3,(H,16,18). The molecule has 0 aliphatic rings. The number of nitrogen functional groups attached to an aromatic ring is 1. The van der Waals surface area contributed by atoms with Crippen LogP contribution in [0.15, 0.2) is 24.4 Å². The van der Waals surface area contributed by atoms with E-state index in [1.54, 1.807) is 7.05 Å². The summed E-state index contributed by atoms with van der Waals surface area (Å²) in [6.45, 7) is 4.03. The van der Waals surface area contributed by atoms with Crippen molar-refractivity contribution in [2.45, 2.75) is 13.8 Å². The lowest BCUT2D eigenvalue weighted by Gasteiger charge is -2.08. The van der Waals surface area contributed by atoms with E-state index in [0.717, 1.165) is 11.3 Å². The molecule has 5 nitrogen and oxygen atoms in total. The number of hydrogen-bond donors (Lipinski definition) is 2. The van der Waals surface area contributed by atoms with E-state index in [1.165, 1.54) is 16.4 Å². The van der Waals surface area contributed by atoms with Crippen molar-refractivity contribution in [2.75, 3.05) is 11.1 Å². The molecule has 0 saturated heterocycles. The van der Waals surface area contributed by atoms with Gasteiger partial charge < -0.3 is 11.1 Å². The maximum atomic E-state index is 12.1. The number of amides is 1. The first-order valence-electron chi connectivity index (χ1n) is 5.65. The first-order chi connectivity index (χ1) is 8.49. The number of carbonyl (C=O) groups excluding carboxylic acids is 1. The number of nitrogens with one attached hydrogen (secondary N) is 1. The molecule has 94 valence electrons. The molecule has 2 rings (SSSR count). The van der Waals surface area contributed by atoms with Crippen LogP contribution in [0.1, 0.15) is 21.6 Å². The summed E-state index contributed by atoms with van der Waals surface area (Å²) in [5, 5.41) is 6.76. The van der Waals surface area contributed by atoms with Gasteiger partial charge in [0.1, 0.15) is 5.69 Å². The van der Waals surface area contributed by atoms with Crippen molar-refractivity contribution >= 4 is 17.3 Å². The molecule has 18 heavy (non-hydrogen) atoms. The summed E-state index contributed by atoms with van der Waals surface area (Å²) in [6.07, 6.45) is 1.47. The molecule has 1 aromatic heterocycles. The molecule has 0 aliphatic heterocycles. The summed E-state index contributed by atoms with van der Waals surface area (Å²) in [6, 6.07) is 5.77. The van der Waals surface area contributed by atoms with Crippen LogP contribution in [0.4, 0.5) is 11.4 Å². The summed E-state index contributed by atoms with van der Waals surface area (Å²) in [4.78, 5) is 12.1. The van der Waals surface area contributed by atoms with E-state index in [2.05, 4.69) is 10.4 Å². The average molecular weight is 244 g/mol. The lowest BCUT2D eigenvalue weighted by atomic mass is 10.1. The fourth-order valence-electron chi connectivity index (χ4n) is 1.74. The van der Waals surface area contributed by atoms with E-state index < -0.39 is 0 Å². The van der Waals surface area contributed by atoms with E-state index in [-0.39, 0.29) is 5.91 Å². The molecule has 0 bridgehead atoms. The third kappa shape index (κ3) is 2.20. The lowest BCUT2D eigenvalue weighted by Crippen LogP contribution is -2.17. The smallest absolute Gasteiger partial charge is 0.276 e. The van der Waals surface area contributed by atoms with Gasteiger partial charge in [0, 0.05) is 12.7 Å². The average Bonchev–Trinajstić information content (AvgIpc) is 2.64. The lowest BCUT2D eigenvalue weighted by molar-refractivity contribution is 0.101. The predicted molar refractivity (Wildman–Crippen MR) is 71.5 cm³/mol.